The number of benzene rings is 2. The number of halogens is 1. The van der Waals surface area contributed by atoms with Crippen LogP contribution in [0.4, 0.5) is 10.1 Å². The lowest BCUT2D eigenvalue weighted by molar-refractivity contribution is -0.125. The maximum Gasteiger partial charge on any atom is 0.268 e. The van der Waals surface area contributed by atoms with Crippen molar-refractivity contribution in [2.24, 2.45) is 5.16 Å². The molecule has 0 radical (unpaired) electrons. The second-order valence-corrected chi connectivity index (χ2v) is 5.40. The Labute approximate surface area is 136 Å². The lowest BCUT2D eigenvalue weighted by Gasteiger charge is -2.10. The summed E-state index contributed by atoms with van der Waals surface area (Å²) >= 11 is 0. The van der Waals surface area contributed by atoms with Gasteiger partial charge in [-0.3, -0.25) is 4.79 Å². The molecule has 1 N–H and O–H groups in total. The van der Waals surface area contributed by atoms with E-state index >= 15 is 0 Å². The first-order valence-electron chi connectivity index (χ1n) is 7.38. The van der Waals surface area contributed by atoms with Gasteiger partial charge >= 0.3 is 0 Å². The van der Waals surface area contributed by atoms with Gasteiger partial charge in [0.1, 0.15) is 5.82 Å². The van der Waals surface area contributed by atoms with Gasteiger partial charge in [-0.2, -0.15) is 0 Å². The molecule has 0 saturated carbocycles. The van der Waals surface area contributed by atoms with E-state index < -0.39 is 6.10 Å². The van der Waals surface area contributed by atoms with Crippen molar-refractivity contribution in [1.82, 2.24) is 0 Å². The normalized spacial score (nSPS) is 18.0. The second-order valence-electron chi connectivity index (χ2n) is 5.40. The van der Waals surface area contributed by atoms with Crippen LogP contribution in [0.1, 0.15) is 12.0 Å². The number of anilines is 1. The molecule has 1 atom stereocenters. The number of hydrogen-bond acceptors (Lipinski definition) is 5. The van der Waals surface area contributed by atoms with Crippen molar-refractivity contribution < 1.29 is 23.5 Å². The molecule has 0 aliphatic carbocycles. The number of carbonyl (C=O) groups excluding carboxylic acids is 1. The summed E-state index contributed by atoms with van der Waals surface area (Å²) in [7, 11) is 0. The molecule has 2 heterocycles. The van der Waals surface area contributed by atoms with Gasteiger partial charge in [-0.05, 0) is 24.3 Å². The van der Waals surface area contributed by atoms with Crippen LogP contribution < -0.4 is 14.8 Å². The molecule has 1 unspecified atom stereocenters. The van der Waals surface area contributed by atoms with E-state index in [1.54, 1.807) is 30.3 Å². The standard InChI is InChI=1S/C17H13FN2O4/c18-11-3-1-2-10(6-11)13-8-16(24-20-13)17(21)19-12-4-5-14-15(7-12)23-9-22-14/h1-7,16H,8-9H2,(H,19,21). The van der Waals surface area contributed by atoms with Gasteiger partial charge < -0.3 is 19.6 Å². The van der Waals surface area contributed by atoms with Crippen LogP contribution in [-0.4, -0.2) is 24.5 Å². The van der Waals surface area contributed by atoms with Gasteiger partial charge in [0.2, 0.25) is 12.9 Å². The Morgan fingerprint density at radius 1 is 1.17 bits per heavy atom. The van der Waals surface area contributed by atoms with Crippen LogP contribution in [0.25, 0.3) is 0 Å². The lowest BCUT2D eigenvalue weighted by atomic mass is 10.0. The van der Waals surface area contributed by atoms with Gasteiger partial charge in [0.15, 0.2) is 11.5 Å². The minimum atomic E-state index is -0.756. The predicted octanol–water partition coefficient (Wildman–Crippen LogP) is 2.69. The molecule has 6 nitrogen and oxygen atoms in total. The zero-order valence-corrected chi connectivity index (χ0v) is 12.5. The van der Waals surface area contributed by atoms with Crippen LogP contribution in [-0.2, 0) is 9.63 Å². The summed E-state index contributed by atoms with van der Waals surface area (Å²) in [5.41, 5.74) is 1.72. The van der Waals surface area contributed by atoms with E-state index in [2.05, 4.69) is 10.5 Å². The Morgan fingerprint density at radius 2 is 2.04 bits per heavy atom. The fourth-order valence-corrected chi connectivity index (χ4v) is 2.55. The van der Waals surface area contributed by atoms with Crippen LogP contribution in [0.2, 0.25) is 0 Å². The Morgan fingerprint density at radius 3 is 2.92 bits per heavy atom. The largest absolute Gasteiger partial charge is 0.454 e. The average Bonchev–Trinajstić information content (AvgIpc) is 3.24. The van der Waals surface area contributed by atoms with Crippen LogP contribution in [0, 0.1) is 5.82 Å². The molecule has 2 aliphatic heterocycles. The molecule has 24 heavy (non-hydrogen) atoms. The summed E-state index contributed by atoms with van der Waals surface area (Å²) < 4.78 is 23.8. The van der Waals surface area contributed by atoms with E-state index in [0.29, 0.717) is 28.5 Å². The summed E-state index contributed by atoms with van der Waals surface area (Å²) in [6.07, 6.45) is -0.478. The predicted molar refractivity (Wildman–Crippen MR) is 83.6 cm³/mol. The number of nitrogens with one attached hydrogen (secondary N) is 1. The van der Waals surface area contributed by atoms with Crippen LogP contribution >= 0.6 is 0 Å². The van der Waals surface area contributed by atoms with Crippen LogP contribution in [0.3, 0.4) is 0 Å². The van der Waals surface area contributed by atoms with Gasteiger partial charge in [0.05, 0.1) is 5.71 Å². The van der Waals surface area contributed by atoms with Crippen molar-refractivity contribution in [2.45, 2.75) is 12.5 Å². The van der Waals surface area contributed by atoms with Crippen molar-refractivity contribution in [2.75, 3.05) is 12.1 Å². The number of nitrogens with zero attached hydrogens (tertiary/aromatic N) is 1. The third-order valence-corrected chi connectivity index (χ3v) is 3.76. The van der Waals surface area contributed by atoms with Crippen molar-refractivity contribution in [3.05, 3.63) is 53.8 Å². The van der Waals surface area contributed by atoms with E-state index in [9.17, 15) is 9.18 Å². The SMILES string of the molecule is O=C(Nc1ccc2c(c1)OCO2)C1CC(c2cccc(F)c2)=NO1. The number of rotatable bonds is 3. The molecule has 0 aromatic heterocycles. The van der Waals surface area contributed by atoms with Gasteiger partial charge in [0, 0.05) is 23.7 Å². The van der Waals surface area contributed by atoms with Crippen molar-refractivity contribution in [1.29, 1.82) is 0 Å². The maximum absolute atomic E-state index is 13.3. The minimum Gasteiger partial charge on any atom is -0.454 e. The zero-order chi connectivity index (χ0) is 16.5. The molecule has 4 rings (SSSR count). The van der Waals surface area contributed by atoms with E-state index in [0.717, 1.165) is 0 Å². The fourth-order valence-electron chi connectivity index (χ4n) is 2.55. The van der Waals surface area contributed by atoms with Crippen molar-refractivity contribution >= 4 is 17.3 Å². The maximum atomic E-state index is 13.3. The number of hydrogen-bond donors (Lipinski definition) is 1. The Balaban J connectivity index is 1.42. The first kappa shape index (κ1) is 14.5. The van der Waals surface area contributed by atoms with Crippen LogP contribution in [0.5, 0.6) is 11.5 Å². The summed E-state index contributed by atoms with van der Waals surface area (Å²) in [5, 5.41) is 6.64. The summed E-state index contributed by atoms with van der Waals surface area (Å²) in [4.78, 5) is 17.5. The zero-order valence-electron chi connectivity index (χ0n) is 12.5. The first-order valence-corrected chi connectivity index (χ1v) is 7.38. The topological polar surface area (TPSA) is 69.2 Å². The molecule has 7 heteroatoms. The van der Waals surface area contributed by atoms with E-state index in [-0.39, 0.29) is 24.9 Å². The monoisotopic (exact) mass is 328 g/mol. The van der Waals surface area contributed by atoms with E-state index in [1.165, 1.54) is 12.1 Å². The molecule has 0 bridgehead atoms. The lowest BCUT2D eigenvalue weighted by Crippen LogP contribution is -2.28. The molecule has 122 valence electrons. The molecule has 2 aliphatic rings. The van der Waals surface area contributed by atoms with Crippen molar-refractivity contribution in [3.8, 4) is 11.5 Å². The second kappa shape index (κ2) is 5.84. The smallest absolute Gasteiger partial charge is 0.268 e. The van der Waals surface area contributed by atoms with E-state index in [1.807, 2.05) is 0 Å². The summed E-state index contributed by atoms with van der Waals surface area (Å²) in [5.74, 6) is 0.533. The number of oxime groups is 1. The quantitative estimate of drug-likeness (QED) is 0.940. The number of amides is 1. The molecule has 2 aromatic rings. The van der Waals surface area contributed by atoms with E-state index in [4.69, 9.17) is 14.3 Å². The first-order chi connectivity index (χ1) is 11.7. The highest BCUT2D eigenvalue weighted by Gasteiger charge is 2.29. The molecule has 1 amide bonds. The molecule has 0 fully saturated rings. The molecular weight excluding hydrogens is 315 g/mol. The third-order valence-electron chi connectivity index (χ3n) is 3.76. The van der Waals surface area contributed by atoms with Crippen LogP contribution in [0.15, 0.2) is 47.6 Å². The highest BCUT2D eigenvalue weighted by atomic mass is 19.1. The summed E-state index contributed by atoms with van der Waals surface area (Å²) in [6, 6.07) is 11.2. The van der Waals surface area contributed by atoms with Gasteiger partial charge in [0.25, 0.3) is 5.91 Å². The minimum absolute atomic E-state index is 0.170. The highest BCUT2D eigenvalue weighted by Crippen LogP contribution is 2.34. The van der Waals surface area contributed by atoms with Gasteiger partial charge in [-0.25, -0.2) is 4.39 Å². The van der Waals surface area contributed by atoms with Gasteiger partial charge in [-0.1, -0.05) is 17.3 Å². The Bertz CT molecular complexity index is 837. The number of ether oxygens (including phenoxy) is 2. The highest BCUT2D eigenvalue weighted by molar-refractivity contribution is 6.06. The third kappa shape index (κ3) is 2.76. The Kier molecular flexibility index (Phi) is 3.53. The molecule has 0 spiro atoms. The van der Waals surface area contributed by atoms with Crippen molar-refractivity contribution in [3.63, 3.8) is 0 Å². The molecule has 0 saturated heterocycles. The summed E-state index contributed by atoms with van der Waals surface area (Å²) in [6.45, 7) is 0.170. The Hall–Kier alpha value is -3.09. The molecular formula is C17H13FN2O4. The number of fused-ring (bicyclic) bond motifs is 1. The molecule has 2 aromatic carbocycles. The fraction of sp³-hybridized carbons (Fsp3) is 0.176. The van der Waals surface area contributed by atoms with Gasteiger partial charge in [-0.15, -0.1) is 0 Å². The number of carbonyl (C=O) groups is 1. The average molecular weight is 328 g/mol.